The molecule has 0 spiro atoms. The number of aryl methyl sites for hydroxylation is 2. The van der Waals surface area contributed by atoms with Gasteiger partial charge < -0.3 is 18.9 Å². The smallest absolute Gasteiger partial charge is 0.315 e. The summed E-state index contributed by atoms with van der Waals surface area (Å²) in [6.45, 7) is 4.44. The van der Waals surface area contributed by atoms with Crippen molar-refractivity contribution < 1.29 is 13.6 Å². The van der Waals surface area contributed by atoms with Crippen molar-refractivity contribution in [3.63, 3.8) is 0 Å². The van der Waals surface area contributed by atoms with Crippen LogP contribution in [0.2, 0.25) is 0 Å². The highest BCUT2D eigenvalue weighted by Gasteiger charge is 2.28. The molecule has 1 aromatic carbocycles. The molecule has 23 heavy (non-hydrogen) atoms. The number of hydrogen-bond acceptors (Lipinski definition) is 6. The molecule has 0 fully saturated rings. The predicted octanol–water partition coefficient (Wildman–Crippen LogP) is 3.57. The van der Waals surface area contributed by atoms with E-state index in [0.29, 0.717) is 18.5 Å². The van der Waals surface area contributed by atoms with Gasteiger partial charge in [0.1, 0.15) is 17.3 Å². The topological polar surface area (TPSA) is 73.3 Å². The van der Waals surface area contributed by atoms with Crippen LogP contribution >= 0.6 is 0 Å². The second-order valence-electron chi connectivity index (χ2n) is 5.66. The number of para-hydroxylation sites is 1. The van der Waals surface area contributed by atoms with E-state index in [1.807, 2.05) is 38.1 Å². The molecule has 6 heteroatoms. The Kier molecular flexibility index (Phi) is 3.29. The van der Waals surface area contributed by atoms with Gasteiger partial charge in [0.15, 0.2) is 6.10 Å². The average molecular weight is 311 g/mol. The summed E-state index contributed by atoms with van der Waals surface area (Å²) in [6.07, 6.45) is 0.533. The van der Waals surface area contributed by atoms with Crippen LogP contribution in [0.25, 0.3) is 0 Å². The number of aromatic nitrogens is 2. The van der Waals surface area contributed by atoms with E-state index in [0.717, 1.165) is 34.8 Å². The first-order valence-corrected chi connectivity index (χ1v) is 7.57. The molecule has 0 amide bonds. The van der Waals surface area contributed by atoms with Gasteiger partial charge in [-0.1, -0.05) is 23.3 Å². The lowest BCUT2D eigenvalue weighted by Crippen LogP contribution is -2.03. The molecule has 1 N–H and O–H groups in total. The number of anilines is 1. The molecule has 0 unspecified atom stereocenters. The van der Waals surface area contributed by atoms with Gasteiger partial charge in [-0.3, -0.25) is 0 Å². The van der Waals surface area contributed by atoms with Crippen LogP contribution in [0.3, 0.4) is 0 Å². The Labute approximate surface area is 133 Å². The molecule has 4 rings (SSSR count). The summed E-state index contributed by atoms with van der Waals surface area (Å²) in [4.78, 5) is 0. The van der Waals surface area contributed by atoms with E-state index in [1.54, 1.807) is 0 Å². The van der Waals surface area contributed by atoms with Gasteiger partial charge in [0.2, 0.25) is 0 Å². The standard InChI is InChI=1S/C17H17N3O3/c1-10-7-13(11(2)21-10)9-18-17-20-19-16(23-17)15-8-12-5-3-4-6-14(12)22-15/h3-7,15H,8-9H2,1-2H3,(H,18,20)/t15-/m0/s1. The highest BCUT2D eigenvalue weighted by atomic mass is 16.5. The summed E-state index contributed by atoms with van der Waals surface area (Å²) in [5.41, 5.74) is 2.24. The van der Waals surface area contributed by atoms with Crippen LogP contribution in [0.1, 0.15) is 34.6 Å². The van der Waals surface area contributed by atoms with Crippen molar-refractivity contribution in [1.82, 2.24) is 10.2 Å². The normalized spacial score (nSPS) is 16.2. The van der Waals surface area contributed by atoms with Crippen LogP contribution in [0.5, 0.6) is 5.75 Å². The van der Waals surface area contributed by atoms with Gasteiger partial charge in [-0.25, -0.2) is 0 Å². The fraction of sp³-hybridized carbons (Fsp3) is 0.294. The zero-order valence-corrected chi connectivity index (χ0v) is 13.0. The van der Waals surface area contributed by atoms with Crippen molar-refractivity contribution in [3.05, 3.63) is 58.9 Å². The highest BCUT2D eigenvalue weighted by Crippen LogP contribution is 2.36. The molecule has 1 atom stereocenters. The number of furan rings is 1. The van der Waals surface area contributed by atoms with Crippen LogP contribution in [-0.2, 0) is 13.0 Å². The first kappa shape index (κ1) is 13.9. The maximum absolute atomic E-state index is 5.85. The number of nitrogens with zero attached hydrogens (tertiary/aromatic N) is 2. The van der Waals surface area contributed by atoms with Gasteiger partial charge in [-0.2, -0.15) is 0 Å². The molecule has 118 valence electrons. The molecule has 1 aliphatic rings. The van der Waals surface area contributed by atoms with Crippen LogP contribution in [0.4, 0.5) is 6.01 Å². The Balaban J connectivity index is 1.43. The Morgan fingerprint density at radius 3 is 2.83 bits per heavy atom. The first-order valence-electron chi connectivity index (χ1n) is 7.57. The van der Waals surface area contributed by atoms with Crippen LogP contribution in [-0.4, -0.2) is 10.2 Å². The Bertz CT molecular complexity index is 812. The van der Waals surface area contributed by atoms with E-state index in [-0.39, 0.29) is 6.10 Å². The molecular formula is C17H17N3O3. The number of rotatable bonds is 4. The van der Waals surface area contributed by atoms with Crippen molar-refractivity contribution in [1.29, 1.82) is 0 Å². The van der Waals surface area contributed by atoms with Gasteiger partial charge in [0, 0.05) is 18.5 Å². The number of fused-ring (bicyclic) bond motifs is 1. The van der Waals surface area contributed by atoms with Crippen molar-refractivity contribution in [3.8, 4) is 5.75 Å². The zero-order chi connectivity index (χ0) is 15.8. The summed E-state index contributed by atoms with van der Waals surface area (Å²) in [6, 6.07) is 10.3. The fourth-order valence-electron chi connectivity index (χ4n) is 2.79. The van der Waals surface area contributed by atoms with Crippen LogP contribution in [0.15, 0.2) is 39.2 Å². The van der Waals surface area contributed by atoms with E-state index in [9.17, 15) is 0 Å². The molecule has 3 aromatic rings. The number of hydrogen-bond donors (Lipinski definition) is 1. The zero-order valence-electron chi connectivity index (χ0n) is 13.0. The number of nitrogens with one attached hydrogen (secondary N) is 1. The molecule has 1 aliphatic heterocycles. The monoisotopic (exact) mass is 311 g/mol. The fourth-order valence-corrected chi connectivity index (χ4v) is 2.79. The summed E-state index contributed by atoms with van der Waals surface area (Å²) in [7, 11) is 0. The summed E-state index contributed by atoms with van der Waals surface area (Å²) < 4.78 is 17.0. The van der Waals surface area contributed by atoms with E-state index in [2.05, 4.69) is 21.6 Å². The number of benzene rings is 1. The minimum absolute atomic E-state index is 0.214. The quantitative estimate of drug-likeness (QED) is 0.794. The minimum Gasteiger partial charge on any atom is -0.480 e. The average Bonchev–Trinajstić information content (AvgIpc) is 3.23. The molecule has 0 saturated heterocycles. The van der Waals surface area contributed by atoms with Gasteiger partial charge in [0.25, 0.3) is 5.89 Å². The third-order valence-electron chi connectivity index (χ3n) is 3.94. The lowest BCUT2D eigenvalue weighted by Gasteiger charge is -2.04. The molecule has 0 radical (unpaired) electrons. The summed E-state index contributed by atoms with van der Waals surface area (Å²) in [5, 5.41) is 11.3. The second kappa shape index (κ2) is 5.46. The van der Waals surface area contributed by atoms with Crippen molar-refractivity contribution in [2.45, 2.75) is 32.9 Å². The molecule has 0 aliphatic carbocycles. The lowest BCUT2D eigenvalue weighted by molar-refractivity contribution is 0.199. The van der Waals surface area contributed by atoms with Crippen molar-refractivity contribution in [2.75, 3.05) is 5.32 Å². The minimum atomic E-state index is -0.214. The van der Waals surface area contributed by atoms with Gasteiger partial charge in [-0.05, 0) is 31.5 Å². The third-order valence-corrected chi connectivity index (χ3v) is 3.94. The molecule has 0 saturated carbocycles. The number of ether oxygens (including phenoxy) is 1. The van der Waals surface area contributed by atoms with E-state index < -0.39 is 0 Å². The van der Waals surface area contributed by atoms with Crippen LogP contribution in [0, 0.1) is 13.8 Å². The Hall–Kier alpha value is -2.76. The predicted molar refractivity (Wildman–Crippen MR) is 83.3 cm³/mol. The highest BCUT2D eigenvalue weighted by molar-refractivity contribution is 5.38. The first-order chi connectivity index (χ1) is 11.2. The van der Waals surface area contributed by atoms with Crippen molar-refractivity contribution >= 4 is 6.01 Å². The largest absolute Gasteiger partial charge is 0.480 e. The second-order valence-corrected chi connectivity index (χ2v) is 5.66. The molecule has 3 heterocycles. The van der Waals surface area contributed by atoms with E-state index in [1.165, 1.54) is 0 Å². The maximum Gasteiger partial charge on any atom is 0.315 e. The molecular weight excluding hydrogens is 294 g/mol. The van der Waals surface area contributed by atoms with Gasteiger partial charge >= 0.3 is 6.01 Å². The summed E-state index contributed by atoms with van der Waals surface area (Å²) >= 11 is 0. The Morgan fingerprint density at radius 1 is 1.17 bits per heavy atom. The molecule has 6 nitrogen and oxygen atoms in total. The van der Waals surface area contributed by atoms with Crippen LogP contribution < -0.4 is 10.1 Å². The Morgan fingerprint density at radius 2 is 2.04 bits per heavy atom. The van der Waals surface area contributed by atoms with Gasteiger partial charge in [0.05, 0.1) is 0 Å². The lowest BCUT2D eigenvalue weighted by atomic mass is 10.1. The SMILES string of the molecule is Cc1cc(CNc2nnc([C@@H]3Cc4ccccc4O3)o2)c(C)o1. The van der Waals surface area contributed by atoms with E-state index in [4.69, 9.17) is 13.6 Å². The third kappa shape index (κ3) is 2.67. The maximum atomic E-state index is 5.85. The van der Waals surface area contributed by atoms with Gasteiger partial charge in [-0.15, -0.1) is 5.10 Å². The molecule has 2 aromatic heterocycles. The molecule has 0 bridgehead atoms. The van der Waals surface area contributed by atoms with Crippen molar-refractivity contribution in [2.24, 2.45) is 0 Å². The van der Waals surface area contributed by atoms with E-state index >= 15 is 0 Å². The summed E-state index contributed by atoms with van der Waals surface area (Å²) in [5.74, 6) is 3.16.